The summed E-state index contributed by atoms with van der Waals surface area (Å²) in [5.74, 6) is -2.50. The van der Waals surface area contributed by atoms with Crippen LogP contribution >= 0.6 is 11.8 Å². The third-order valence-corrected chi connectivity index (χ3v) is 7.52. The molecule has 0 saturated heterocycles. The normalized spacial score (nSPS) is 13.6. The van der Waals surface area contributed by atoms with Crippen LogP contribution in [-0.4, -0.2) is 75.2 Å². The third-order valence-electron chi connectivity index (χ3n) is 6.88. The number of aromatic hydroxyl groups is 2. The number of nitrogens with two attached hydrogens (primary N) is 1. The van der Waals surface area contributed by atoms with Crippen molar-refractivity contribution in [3.8, 4) is 11.5 Å². The Balaban J connectivity index is 1.75. The maximum atomic E-state index is 13.6. The zero-order valence-corrected chi connectivity index (χ0v) is 25.1. The van der Waals surface area contributed by atoms with Crippen molar-refractivity contribution >= 4 is 35.5 Å². The van der Waals surface area contributed by atoms with Crippen LogP contribution in [0.15, 0.2) is 78.9 Å². The van der Waals surface area contributed by atoms with Crippen molar-refractivity contribution in [1.82, 2.24) is 16.0 Å². The number of benzene rings is 3. The van der Waals surface area contributed by atoms with Crippen LogP contribution in [0.25, 0.3) is 0 Å². The topological polar surface area (TPSA) is 191 Å². The van der Waals surface area contributed by atoms with Gasteiger partial charge in [-0.25, -0.2) is 4.79 Å². The molecule has 3 amide bonds. The highest BCUT2D eigenvalue weighted by Gasteiger charge is 2.30. The lowest BCUT2D eigenvalue weighted by Gasteiger charge is -2.25. The van der Waals surface area contributed by atoms with Gasteiger partial charge in [0.15, 0.2) is 0 Å². The van der Waals surface area contributed by atoms with Gasteiger partial charge >= 0.3 is 5.97 Å². The summed E-state index contributed by atoms with van der Waals surface area (Å²) in [4.78, 5) is 52.0. The van der Waals surface area contributed by atoms with E-state index in [9.17, 15) is 34.5 Å². The molecule has 234 valence electrons. The minimum atomic E-state index is -1.28. The summed E-state index contributed by atoms with van der Waals surface area (Å²) in [7, 11) is 0. The second-order valence-corrected chi connectivity index (χ2v) is 11.3. The second-order valence-electron chi connectivity index (χ2n) is 10.3. The highest BCUT2D eigenvalue weighted by Crippen LogP contribution is 2.13. The highest BCUT2D eigenvalue weighted by atomic mass is 32.2. The molecule has 11 nitrogen and oxygen atoms in total. The van der Waals surface area contributed by atoms with Crippen LogP contribution in [0.1, 0.15) is 23.1 Å². The van der Waals surface area contributed by atoms with Crippen LogP contribution in [-0.2, 0) is 38.4 Å². The lowest BCUT2D eigenvalue weighted by Crippen LogP contribution is -2.58. The molecule has 0 saturated carbocycles. The Hall–Kier alpha value is -4.55. The van der Waals surface area contributed by atoms with E-state index in [2.05, 4.69) is 16.0 Å². The summed E-state index contributed by atoms with van der Waals surface area (Å²) in [5.41, 5.74) is 8.24. The first-order chi connectivity index (χ1) is 21.0. The Labute approximate surface area is 260 Å². The number of hydrogen-bond donors (Lipinski definition) is 7. The zero-order valence-electron chi connectivity index (χ0n) is 24.3. The van der Waals surface area contributed by atoms with Gasteiger partial charge in [0.2, 0.25) is 17.7 Å². The van der Waals surface area contributed by atoms with Gasteiger partial charge < -0.3 is 37.0 Å². The molecule has 3 aromatic carbocycles. The molecule has 4 atom stereocenters. The number of nitrogens with one attached hydrogen (secondary N) is 3. The minimum absolute atomic E-state index is 0.0305. The van der Waals surface area contributed by atoms with Gasteiger partial charge in [-0.1, -0.05) is 54.6 Å². The molecule has 8 N–H and O–H groups in total. The Kier molecular flexibility index (Phi) is 13.1. The average molecular weight is 623 g/mol. The molecule has 0 heterocycles. The molecule has 0 radical (unpaired) electrons. The van der Waals surface area contributed by atoms with Crippen molar-refractivity contribution in [2.75, 3.05) is 12.0 Å². The van der Waals surface area contributed by atoms with Crippen molar-refractivity contribution in [1.29, 1.82) is 0 Å². The molecular formula is C32H38N4O7S. The molecule has 0 bridgehead atoms. The van der Waals surface area contributed by atoms with Gasteiger partial charge in [-0.3, -0.25) is 14.4 Å². The van der Waals surface area contributed by atoms with Crippen molar-refractivity contribution in [2.45, 2.75) is 49.9 Å². The van der Waals surface area contributed by atoms with Gasteiger partial charge in [0, 0.05) is 12.8 Å². The fourth-order valence-electron chi connectivity index (χ4n) is 4.43. The number of thioether (sulfide) groups is 1. The van der Waals surface area contributed by atoms with Crippen LogP contribution in [0, 0.1) is 0 Å². The lowest BCUT2D eigenvalue weighted by atomic mass is 10.0. The Bertz CT molecular complexity index is 1390. The maximum Gasteiger partial charge on any atom is 0.326 e. The smallest absolute Gasteiger partial charge is 0.326 e. The van der Waals surface area contributed by atoms with E-state index < -0.39 is 47.9 Å². The standard InChI is InChI=1S/C32H38N4O7S/c1-44-16-15-26(30(40)36-28(32(42)43)19-22-9-13-24(38)14-10-22)34-31(41)27(18-20-5-3-2-4-6-20)35-29(39)25(33)17-21-7-11-23(37)12-8-21/h2-14,25-28,37-38H,15-19,33H2,1H3,(H,34,41)(H,35,39)(H,36,40)(H,42,43). The van der Waals surface area contributed by atoms with Crippen molar-refractivity contribution in [3.05, 3.63) is 95.6 Å². The SMILES string of the molecule is CSCCC(NC(=O)C(Cc1ccccc1)NC(=O)C(N)Cc1ccc(O)cc1)C(=O)NC(Cc1ccc(O)cc1)C(=O)O. The summed E-state index contributed by atoms with van der Waals surface area (Å²) in [6, 6.07) is 16.9. The van der Waals surface area contributed by atoms with Crippen LogP contribution in [0.2, 0.25) is 0 Å². The number of amides is 3. The molecule has 0 aliphatic rings. The zero-order chi connectivity index (χ0) is 32.1. The van der Waals surface area contributed by atoms with E-state index in [-0.39, 0.29) is 37.2 Å². The molecule has 3 aromatic rings. The fourth-order valence-corrected chi connectivity index (χ4v) is 4.90. The van der Waals surface area contributed by atoms with E-state index in [1.165, 1.54) is 36.0 Å². The molecule has 4 unspecified atom stereocenters. The van der Waals surface area contributed by atoms with Gasteiger partial charge in [-0.2, -0.15) is 11.8 Å². The van der Waals surface area contributed by atoms with Crippen molar-refractivity contribution in [2.24, 2.45) is 5.73 Å². The quantitative estimate of drug-likeness (QED) is 0.125. The van der Waals surface area contributed by atoms with Gasteiger partial charge in [0.05, 0.1) is 6.04 Å². The second kappa shape index (κ2) is 16.9. The largest absolute Gasteiger partial charge is 0.508 e. The van der Waals surface area contributed by atoms with E-state index >= 15 is 0 Å². The number of carboxylic acids is 1. The first-order valence-electron chi connectivity index (χ1n) is 14.0. The van der Waals surface area contributed by atoms with Gasteiger partial charge in [-0.05, 0) is 65.8 Å². The maximum absolute atomic E-state index is 13.6. The van der Waals surface area contributed by atoms with E-state index in [1.54, 1.807) is 36.4 Å². The van der Waals surface area contributed by atoms with E-state index in [0.29, 0.717) is 11.3 Å². The Morgan fingerprint density at radius 3 is 1.66 bits per heavy atom. The number of aliphatic carboxylic acids is 1. The first kappa shape index (κ1) is 33.9. The molecule has 12 heteroatoms. The Morgan fingerprint density at radius 2 is 1.11 bits per heavy atom. The van der Waals surface area contributed by atoms with E-state index in [4.69, 9.17) is 5.73 Å². The van der Waals surface area contributed by atoms with Crippen molar-refractivity contribution < 1.29 is 34.5 Å². The molecule has 0 fully saturated rings. The predicted molar refractivity (Wildman–Crippen MR) is 168 cm³/mol. The van der Waals surface area contributed by atoms with E-state index in [0.717, 1.165) is 11.1 Å². The number of carbonyl (C=O) groups is 4. The summed E-state index contributed by atoms with van der Waals surface area (Å²) in [6.45, 7) is 0. The number of carbonyl (C=O) groups excluding carboxylic acids is 3. The predicted octanol–water partition coefficient (Wildman–Crippen LogP) is 1.75. The number of carboxylic acid groups (broad SMARTS) is 1. The van der Waals surface area contributed by atoms with Crippen molar-refractivity contribution in [3.63, 3.8) is 0 Å². The number of hydrogen-bond acceptors (Lipinski definition) is 8. The summed E-state index contributed by atoms with van der Waals surface area (Å²) in [5, 5.41) is 36.8. The Morgan fingerprint density at radius 1 is 0.659 bits per heavy atom. The van der Waals surface area contributed by atoms with Crippen LogP contribution in [0.5, 0.6) is 11.5 Å². The average Bonchev–Trinajstić information content (AvgIpc) is 3.00. The summed E-state index contributed by atoms with van der Waals surface area (Å²) in [6.07, 6.45) is 2.32. The fraction of sp³-hybridized carbons (Fsp3) is 0.312. The molecule has 0 aliphatic heterocycles. The minimum Gasteiger partial charge on any atom is -0.508 e. The molecule has 3 rings (SSSR count). The third kappa shape index (κ3) is 10.9. The molecule has 0 aliphatic carbocycles. The number of phenols is 2. The van der Waals surface area contributed by atoms with Gasteiger partial charge in [0.1, 0.15) is 29.6 Å². The highest BCUT2D eigenvalue weighted by molar-refractivity contribution is 7.98. The molecule has 0 aromatic heterocycles. The summed E-state index contributed by atoms with van der Waals surface area (Å²) >= 11 is 1.46. The number of phenolic OH excluding ortho intramolecular Hbond substituents is 2. The van der Waals surface area contributed by atoms with Crippen LogP contribution in [0.3, 0.4) is 0 Å². The monoisotopic (exact) mass is 622 g/mol. The van der Waals surface area contributed by atoms with Crippen LogP contribution < -0.4 is 21.7 Å². The number of rotatable bonds is 16. The first-order valence-corrected chi connectivity index (χ1v) is 15.4. The summed E-state index contributed by atoms with van der Waals surface area (Å²) < 4.78 is 0. The molecule has 44 heavy (non-hydrogen) atoms. The van der Waals surface area contributed by atoms with Crippen LogP contribution in [0.4, 0.5) is 0 Å². The molecular weight excluding hydrogens is 584 g/mol. The van der Waals surface area contributed by atoms with E-state index in [1.807, 2.05) is 24.5 Å². The van der Waals surface area contributed by atoms with Gasteiger partial charge in [0.25, 0.3) is 0 Å². The lowest BCUT2D eigenvalue weighted by molar-refractivity contribution is -0.142. The van der Waals surface area contributed by atoms with Gasteiger partial charge in [-0.15, -0.1) is 0 Å². The molecule has 0 spiro atoms.